The molecule has 4 rings (SSSR count). The van der Waals surface area contributed by atoms with Crippen LogP contribution in [0, 0.1) is 11.8 Å². The van der Waals surface area contributed by atoms with Gasteiger partial charge in [-0.15, -0.1) is 0 Å². The molecule has 4 aliphatic heterocycles. The van der Waals surface area contributed by atoms with E-state index in [1.165, 1.54) is 13.2 Å². The molecule has 9 nitrogen and oxygen atoms in total. The summed E-state index contributed by atoms with van der Waals surface area (Å²) < 4.78 is 29.2. The first-order chi connectivity index (χ1) is 21.3. The molecule has 0 saturated carbocycles. The van der Waals surface area contributed by atoms with E-state index in [0.29, 0.717) is 31.8 Å². The molecule has 7 unspecified atom stereocenters. The van der Waals surface area contributed by atoms with Gasteiger partial charge in [-0.1, -0.05) is 49.8 Å². The Labute approximate surface area is 262 Å². The van der Waals surface area contributed by atoms with E-state index >= 15 is 0 Å². The third-order valence-electron chi connectivity index (χ3n) is 8.83. The van der Waals surface area contributed by atoms with Crippen molar-refractivity contribution in [1.29, 1.82) is 0 Å². The lowest BCUT2D eigenvalue weighted by Crippen LogP contribution is -2.37. The number of amides is 1. The number of carbonyl (C=O) groups is 3. The Morgan fingerprint density at radius 1 is 0.932 bits per heavy atom. The van der Waals surface area contributed by atoms with Crippen molar-refractivity contribution in [3.63, 3.8) is 0 Å². The van der Waals surface area contributed by atoms with Gasteiger partial charge in [0.05, 0.1) is 44.6 Å². The number of ether oxygens (including phenoxy) is 5. The molecule has 4 heterocycles. The first-order valence-corrected chi connectivity index (χ1v) is 16.5. The Kier molecular flexibility index (Phi) is 13.5. The highest BCUT2D eigenvalue weighted by molar-refractivity contribution is 5.82. The maximum absolute atomic E-state index is 13.2. The lowest BCUT2D eigenvalue weighted by atomic mass is 9.89. The number of allylic oxidation sites excluding steroid dienone is 3. The van der Waals surface area contributed by atoms with E-state index in [9.17, 15) is 14.4 Å². The summed E-state index contributed by atoms with van der Waals surface area (Å²) in [5.41, 5.74) is 0.928. The van der Waals surface area contributed by atoms with E-state index in [-0.39, 0.29) is 48.8 Å². The minimum Gasteiger partial charge on any atom is -0.466 e. The highest BCUT2D eigenvalue weighted by Crippen LogP contribution is 2.33. The molecular formula is C35H51NO8. The summed E-state index contributed by atoms with van der Waals surface area (Å²) in [7, 11) is 1.37. The summed E-state index contributed by atoms with van der Waals surface area (Å²) in [5.74, 6) is -0.455. The maximum Gasteiger partial charge on any atom is 0.409 e. The van der Waals surface area contributed by atoms with E-state index in [4.69, 9.17) is 23.7 Å². The van der Waals surface area contributed by atoms with Crippen molar-refractivity contribution in [1.82, 2.24) is 4.90 Å². The highest BCUT2D eigenvalue weighted by Gasteiger charge is 2.33. The minimum absolute atomic E-state index is 0.0461. The third kappa shape index (κ3) is 11.2. The molecule has 3 fully saturated rings. The largest absolute Gasteiger partial charge is 0.466 e. The van der Waals surface area contributed by atoms with E-state index in [1.54, 1.807) is 4.90 Å². The van der Waals surface area contributed by atoms with Crippen LogP contribution in [0.3, 0.4) is 0 Å². The van der Waals surface area contributed by atoms with Crippen molar-refractivity contribution < 1.29 is 38.1 Å². The number of nitrogens with zero attached hydrogens (tertiary/aromatic N) is 1. The Bertz CT molecular complexity index is 1070. The van der Waals surface area contributed by atoms with Crippen LogP contribution in [0.2, 0.25) is 0 Å². The van der Waals surface area contributed by atoms with Gasteiger partial charge in [-0.2, -0.15) is 0 Å². The Morgan fingerprint density at radius 3 is 2.43 bits per heavy atom. The molecule has 0 aromatic rings. The molecular weight excluding hydrogens is 562 g/mol. The molecule has 0 aromatic carbocycles. The Hall–Kier alpha value is -2.91. The van der Waals surface area contributed by atoms with Crippen LogP contribution in [0.5, 0.6) is 0 Å². The number of hydrogen-bond donors (Lipinski definition) is 0. The van der Waals surface area contributed by atoms with Crippen LogP contribution in [0.15, 0.2) is 48.1 Å². The number of cyclic esters (lactones) is 1. The Balaban J connectivity index is 1.42. The predicted octanol–water partition coefficient (Wildman–Crippen LogP) is 6.23. The van der Waals surface area contributed by atoms with Crippen molar-refractivity contribution in [2.45, 2.75) is 115 Å². The van der Waals surface area contributed by atoms with Gasteiger partial charge in [-0.25, -0.2) is 9.59 Å². The lowest BCUT2D eigenvalue weighted by molar-refractivity contribution is -0.154. The average molecular weight is 614 g/mol. The number of methoxy groups -OCH3 is 1. The first kappa shape index (κ1) is 34.0. The normalized spacial score (nSPS) is 33.8. The second kappa shape index (κ2) is 17.5. The van der Waals surface area contributed by atoms with Crippen molar-refractivity contribution >= 4 is 18.0 Å². The van der Waals surface area contributed by atoms with E-state index in [2.05, 4.69) is 19.1 Å². The maximum atomic E-state index is 13.2. The fourth-order valence-corrected chi connectivity index (χ4v) is 6.49. The Morgan fingerprint density at radius 2 is 1.66 bits per heavy atom. The summed E-state index contributed by atoms with van der Waals surface area (Å²) >= 11 is 0. The molecule has 1 amide bonds. The van der Waals surface area contributed by atoms with Crippen LogP contribution in [0.25, 0.3) is 0 Å². The van der Waals surface area contributed by atoms with Crippen LogP contribution in [0.1, 0.15) is 84.5 Å². The predicted molar refractivity (Wildman–Crippen MR) is 167 cm³/mol. The van der Waals surface area contributed by atoms with Gasteiger partial charge in [0.15, 0.2) is 0 Å². The van der Waals surface area contributed by atoms with Gasteiger partial charge in [0, 0.05) is 31.5 Å². The molecule has 0 aromatic heterocycles. The number of likely N-dealkylation sites (tertiary alicyclic amines) is 1. The number of rotatable bonds is 6. The van der Waals surface area contributed by atoms with Crippen molar-refractivity contribution in [2.75, 3.05) is 26.8 Å². The van der Waals surface area contributed by atoms with Crippen LogP contribution in [-0.4, -0.2) is 80.3 Å². The smallest absolute Gasteiger partial charge is 0.409 e. The van der Waals surface area contributed by atoms with Crippen molar-refractivity contribution in [3.05, 3.63) is 48.1 Å². The molecule has 3 saturated heterocycles. The fourth-order valence-electron chi connectivity index (χ4n) is 6.49. The van der Waals surface area contributed by atoms with Gasteiger partial charge in [0.2, 0.25) is 0 Å². The van der Waals surface area contributed by atoms with Gasteiger partial charge in [-0.3, -0.25) is 4.79 Å². The summed E-state index contributed by atoms with van der Waals surface area (Å²) in [6.07, 6.45) is 21.3. The monoisotopic (exact) mass is 613 g/mol. The van der Waals surface area contributed by atoms with Gasteiger partial charge in [0.1, 0.15) is 6.10 Å². The standard InChI is InChI=1S/C35H51NO8/c1-25-14-15-26(2)32(13-6-4-5-9-18-41-35(39)36-16-7-8-17-36)44-34(38)24-31-21-27(22-33(37)40-3)20-30(43-31)23-29-12-10-11-28(19-25)42-29/h4-6,13-15,22,25-26,28-32H,7-12,16-21,23-24H2,1-3H3/b5-4-,13-6+,15-14+,27-22-. The molecule has 0 aliphatic carbocycles. The quantitative estimate of drug-likeness (QED) is 0.0868. The zero-order valence-corrected chi connectivity index (χ0v) is 26.7. The SMILES string of the molecule is COC(=O)/C=C1\CC2CC(=O)OC(/C=C/C=C\CCOC(=O)N3CCCC3)C(C)/C=C/C(C)CC3CCCC(CC(C1)O2)O3. The molecule has 9 heteroatoms. The van der Waals surface area contributed by atoms with Crippen LogP contribution in [0.4, 0.5) is 4.79 Å². The molecule has 44 heavy (non-hydrogen) atoms. The van der Waals surface area contributed by atoms with Crippen LogP contribution < -0.4 is 0 Å². The summed E-state index contributed by atoms with van der Waals surface area (Å²) in [4.78, 5) is 39.1. The van der Waals surface area contributed by atoms with E-state index in [1.807, 2.05) is 31.2 Å². The molecule has 0 spiro atoms. The molecule has 0 N–H and O–H groups in total. The summed E-state index contributed by atoms with van der Waals surface area (Å²) in [5, 5.41) is 0. The number of esters is 2. The van der Waals surface area contributed by atoms with Gasteiger partial charge in [-0.05, 0) is 69.8 Å². The van der Waals surface area contributed by atoms with Crippen molar-refractivity contribution in [3.8, 4) is 0 Å². The molecule has 4 aliphatic rings. The average Bonchev–Trinajstić information content (AvgIpc) is 3.54. The second-order valence-corrected chi connectivity index (χ2v) is 12.7. The summed E-state index contributed by atoms with van der Waals surface area (Å²) in [6, 6.07) is 0. The van der Waals surface area contributed by atoms with Crippen molar-refractivity contribution in [2.24, 2.45) is 11.8 Å². The summed E-state index contributed by atoms with van der Waals surface area (Å²) in [6.45, 7) is 6.13. The molecule has 0 radical (unpaired) electrons. The molecule has 4 bridgehead atoms. The first-order valence-electron chi connectivity index (χ1n) is 16.5. The minimum atomic E-state index is -0.462. The van der Waals surface area contributed by atoms with E-state index < -0.39 is 12.1 Å². The fraction of sp³-hybridized carbons (Fsp3) is 0.686. The van der Waals surface area contributed by atoms with Gasteiger partial charge < -0.3 is 28.6 Å². The third-order valence-corrected chi connectivity index (χ3v) is 8.83. The van der Waals surface area contributed by atoms with Gasteiger partial charge >= 0.3 is 18.0 Å². The number of hydrogen-bond acceptors (Lipinski definition) is 8. The van der Waals surface area contributed by atoms with Gasteiger partial charge in [0.25, 0.3) is 0 Å². The number of fused-ring (bicyclic) bond motifs is 4. The van der Waals surface area contributed by atoms with Crippen LogP contribution in [-0.2, 0) is 33.3 Å². The van der Waals surface area contributed by atoms with Crippen LogP contribution >= 0.6 is 0 Å². The molecule has 7 atom stereocenters. The van der Waals surface area contributed by atoms with E-state index in [0.717, 1.165) is 63.6 Å². The lowest BCUT2D eigenvalue weighted by Gasteiger charge is -2.37. The zero-order valence-electron chi connectivity index (χ0n) is 26.7. The molecule has 244 valence electrons. The topological polar surface area (TPSA) is 101 Å². The highest BCUT2D eigenvalue weighted by atomic mass is 16.6. The second-order valence-electron chi connectivity index (χ2n) is 12.7. The number of carbonyl (C=O) groups excluding carboxylic acids is 3. The zero-order chi connectivity index (χ0) is 31.3.